The minimum atomic E-state index is 0.0248. The molecule has 4 rings (SSSR count). The topological polar surface area (TPSA) is 63.9 Å². The minimum absolute atomic E-state index is 0.0248. The summed E-state index contributed by atoms with van der Waals surface area (Å²) >= 11 is 1.38. The maximum atomic E-state index is 13.1. The number of thioether (sulfide) groups is 1. The average molecular weight is 430 g/mol. The quantitative estimate of drug-likeness (QED) is 0.393. The minimum Gasteiger partial charge on any atom is -0.309 e. The molecule has 0 N–H and O–H groups in total. The molecule has 31 heavy (non-hydrogen) atoms. The normalized spacial score (nSPS) is 10.9. The molecule has 2 aromatic heterocycles. The van der Waals surface area contributed by atoms with Gasteiger partial charge in [0, 0.05) is 35.4 Å². The zero-order valence-electron chi connectivity index (χ0n) is 17.4. The summed E-state index contributed by atoms with van der Waals surface area (Å²) in [5.41, 5.74) is 2.69. The number of pyridine rings is 1. The fourth-order valence-electron chi connectivity index (χ4n) is 3.37. The first kappa shape index (κ1) is 20.8. The van der Waals surface area contributed by atoms with Crippen molar-refractivity contribution in [3.63, 3.8) is 0 Å². The van der Waals surface area contributed by atoms with E-state index in [1.165, 1.54) is 11.8 Å². The molecule has 0 spiro atoms. The van der Waals surface area contributed by atoms with Crippen molar-refractivity contribution in [1.82, 2.24) is 19.7 Å². The highest BCUT2D eigenvalue weighted by atomic mass is 32.2. The van der Waals surface area contributed by atoms with E-state index >= 15 is 0 Å². The maximum absolute atomic E-state index is 13.1. The highest BCUT2D eigenvalue weighted by Gasteiger charge is 2.22. The average Bonchev–Trinajstić information content (AvgIpc) is 3.23. The van der Waals surface area contributed by atoms with Crippen LogP contribution in [0.2, 0.25) is 0 Å². The number of hydrogen-bond acceptors (Lipinski definition) is 5. The molecule has 4 aromatic rings. The van der Waals surface area contributed by atoms with Crippen LogP contribution in [0, 0.1) is 0 Å². The van der Waals surface area contributed by atoms with Crippen LogP contribution in [0.15, 0.2) is 90.3 Å². The molecule has 0 fully saturated rings. The van der Waals surface area contributed by atoms with Crippen LogP contribution in [0.25, 0.3) is 17.1 Å². The third kappa shape index (κ3) is 4.67. The van der Waals surface area contributed by atoms with E-state index in [9.17, 15) is 4.79 Å². The number of para-hydroxylation sites is 2. The van der Waals surface area contributed by atoms with Crippen LogP contribution < -0.4 is 4.90 Å². The number of carbonyl (C=O) groups is 1. The van der Waals surface area contributed by atoms with Gasteiger partial charge in [-0.25, -0.2) is 0 Å². The van der Waals surface area contributed by atoms with Crippen molar-refractivity contribution < 1.29 is 4.79 Å². The highest BCUT2D eigenvalue weighted by molar-refractivity contribution is 7.99. The first-order chi connectivity index (χ1) is 15.1. The molecule has 6 nitrogen and oxygen atoms in total. The molecule has 0 aliphatic rings. The van der Waals surface area contributed by atoms with E-state index in [1.54, 1.807) is 12.4 Å². The molecule has 2 aromatic carbocycles. The maximum Gasteiger partial charge on any atom is 0.237 e. The first-order valence-electron chi connectivity index (χ1n) is 10.1. The van der Waals surface area contributed by atoms with Gasteiger partial charge in [-0.05, 0) is 50.2 Å². The summed E-state index contributed by atoms with van der Waals surface area (Å²) in [5.74, 6) is 0.972. The number of aromatic nitrogens is 4. The smallest absolute Gasteiger partial charge is 0.237 e. The van der Waals surface area contributed by atoms with Crippen LogP contribution in [0.3, 0.4) is 0 Å². The molecule has 1 amide bonds. The molecule has 0 aliphatic heterocycles. The monoisotopic (exact) mass is 429 g/mol. The van der Waals surface area contributed by atoms with Crippen LogP contribution in [-0.2, 0) is 4.79 Å². The van der Waals surface area contributed by atoms with E-state index in [0.717, 1.165) is 16.9 Å². The molecule has 0 atom stereocenters. The van der Waals surface area contributed by atoms with Crippen molar-refractivity contribution in [3.05, 3.63) is 85.2 Å². The summed E-state index contributed by atoms with van der Waals surface area (Å²) in [6, 6.07) is 23.5. The number of amides is 1. The predicted octanol–water partition coefficient (Wildman–Crippen LogP) is 4.86. The van der Waals surface area contributed by atoms with Crippen molar-refractivity contribution in [1.29, 1.82) is 0 Å². The number of benzene rings is 2. The molecule has 0 radical (unpaired) electrons. The van der Waals surface area contributed by atoms with Crippen LogP contribution >= 0.6 is 11.8 Å². The molecule has 7 heteroatoms. The number of nitrogens with zero attached hydrogens (tertiary/aromatic N) is 5. The van der Waals surface area contributed by atoms with E-state index in [4.69, 9.17) is 0 Å². The van der Waals surface area contributed by atoms with Gasteiger partial charge in [-0.3, -0.25) is 14.3 Å². The van der Waals surface area contributed by atoms with Crippen LogP contribution in [0.4, 0.5) is 5.69 Å². The zero-order chi connectivity index (χ0) is 21.6. The molecular formula is C24H23N5OS. The van der Waals surface area contributed by atoms with Gasteiger partial charge in [0.25, 0.3) is 0 Å². The summed E-state index contributed by atoms with van der Waals surface area (Å²) in [6.45, 7) is 4.03. The molecule has 156 valence electrons. The third-order valence-electron chi connectivity index (χ3n) is 4.71. The summed E-state index contributed by atoms with van der Waals surface area (Å²) in [6.07, 6.45) is 3.49. The SMILES string of the molecule is CC(C)N(C(=O)CSc1nnc(-c2cccnc2)n1-c1ccccc1)c1ccccc1. The molecule has 0 unspecified atom stereocenters. The van der Waals surface area contributed by atoms with Crippen LogP contribution in [-0.4, -0.2) is 37.5 Å². The first-order valence-corrected chi connectivity index (χ1v) is 11.0. The highest BCUT2D eigenvalue weighted by Crippen LogP contribution is 2.28. The zero-order valence-corrected chi connectivity index (χ0v) is 18.2. The Kier molecular flexibility index (Phi) is 6.43. The summed E-state index contributed by atoms with van der Waals surface area (Å²) in [4.78, 5) is 19.1. The largest absolute Gasteiger partial charge is 0.309 e. The van der Waals surface area contributed by atoms with E-state index in [1.807, 2.05) is 96.1 Å². The summed E-state index contributed by atoms with van der Waals surface area (Å²) < 4.78 is 1.97. The Morgan fingerprint density at radius 2 is 1.68 bits per heavy atom. The molecule has 0 saturated heterocycles. The predicted molar refractivity (Wildman–Crippen MR) is 124 cm³/mol. The van der Waals surface area contributed by atoms with E-state index in [-0.39, 0.29) is 17.7 Å². The lowest BCUT2D eigenvalue weighted by molar-refractivity contribution is -0.116. The van der Waals surface area contributed by atoms with E-state index in [0.29, 0.717) is 11.0 Å². The molecule has 0 saturated carbocycles. The third-order valence-corrected chi connectivity index (χ3v) is 5.63. The second-order valence-electron chi connectivity index (χ2n) is 7.20. The van der Waals surface area contributed by atoms with Gasteiger partial charge in [0.15, 0.2) is 11.0 Å². The lowest BCUT2D eigenvalue weighted by Gasteiger charge is -2.26. The number of hydrogen-bond donors (Lipinski definition) is 0. The van der Waals surface area contributed by atoms with Crippen molar-refractivity contribution >= 4 is 23.4 Å². The summed E-state index contributed by atoms with van der Waals surface area (Å²) in [7, 11) is 0. The van der Waals surface area contributed by atoms with Gasteiger partial charge in [0.05, 0.1) is 5.75 Å². The lowest BCUT2D eigenvalue weighted by Crippen LogP contribution is -2.38. The lowest BCUT2D eigenvalue weighted by atomic mass is 10.2. The van der Waals surface area contributed by atoms with E-state index < -0.39 is 0 Å². The van der Waals surface area contributed by atoms with Crippen molar-refractivity contribution in [2.75, 3.05) is 10.7 Å². The number of carbonyl (C=O) groups excluding carboxylic acids is 1. The van der Waals surface area contributed by atoms with E-state index in [2.05, 4.69) is 15.2 Å². The molecule has 0 aliphatic carbocycles. The Bertz CT molecular complexity index is 1130. The van der Waals surface area contributed by atoms with Gasteiger partial charge in [-0.1, -0.05) is 48.2 Å². The van der Waals surface area contributed by atoms with Crippen LogP contribution in [0.5, 0.6) is 0 Å². The molecule has 2 heterocycles. The fourth-order valence-corrected chi connectivity index (χ4v) is 4.18. The van der Waals surface area contributed by atoms with Gasteiger partial charge in [-0.2, -0.15) is 0 Å². The Balaban J connectivity index is 1.63. The van der Waals surface area contributed by atoms with Crippen molar-refractivity contribution in [2.45, 2.75) is 25.0 Å². The second kappa shape index (κ2) is 9.57. The number of rotatable bonds is 7. The van der Waals surface area contributed by atoms with Gasteiger partial charge in [0.1, 0.15) is 0 Å². The van der Waals surface area contributed by atoms with Gasteiger partial charge >= 0.3 is 0 Å². The van der Waals surface area contributed by atoms with Crippen molar-refractivity contribution in [3.8, 4) is 17.1 Å². The second-order valence-corrected chi connectivity index (χ2v) is 8.14. The van der Waals surface area contributed by atoms with Gasteiger partial charge in [0.2, 0.25) is 5.91 Å². The Morgan fingerprint density at radius 3 is 2.32 bits per heavy atom. The molecular weight excluding hydrogens is 406 g/mol. The standard InChI is InChI=1S/C24H23N5OS/c1-18(2)28(20-11-5-3-6-12-20)22(30)17-31-24-27-26-23(19-10-9-15-25-16-19)29(24)21-13-7-4-8-14-21/h3-16,18H,17H2,1-2H3. The Hall–Kier alpha value is -3.45. The van der Waals surface area contributed by atoms with Gasteiger partial charge in [-0.15, -0.1) is 10.2 Å². The summed E-state index contributed by atoms with van der Waals surface area (Å²) in [5, 5.41) is 9.46. The van der Waals surface area contributed by atoms with Crippen LogP contribution in [0.1, 0.15) is 13.8 Å². The Labute approximate surface area is 186 Å². The number of anilines is 1. The van der Waals surface area contributed by atoms with Gasteiger partial charge < -0.3 is 4.90 Å². The van der Waals surface area contributed by atoms with Crippen molar-refractivity contribution in [2.24, 2.45) is 0 Å². The fraction of sp³-hybridized carbons (Fsp3) is 0.167. The Morgan fingerprint density at radius 1 is 0.968 bits per heavy atom. The molecule has 0 bridgehead atoms.